The number of carboxylic acid groups (broad SMARTS) is 1. The Morgan fingerprint density at radius 3 is 2.55 bits per heavy atom. The smallest absolute Gasteiger partial charge is 0.312 e. The summed E-state index contributed by atoms with van der Waals surface area (Å²) in [5.74, 6) is -0.255. The maximum Gasteiger partial charge on any atom is 0.312 e. The molecule has 10 nitrogen and oxygen atoms in total. The number of piperidine rings is 1. The molecule has 2 saturated heterocycles. The van der Waals surface area contributed by atoms with Crippen molar-refractivity contribution in [1.29, 1.82) is 0 Å². The standard InChI is InChI=1S/C20H25N5O3.CH2O2/c1-23(2)13-16-12-20(19(27)28-16)8-10-24(11-9-20)18(26)17-14-25(22-21-17)15-6-4-3-5-7-15;2-1-3/h3-7,14,16H,8-13H2,1-2H3;1H,(H,2,3). The highest BCUT2D eigenvalue weighted by Crippen LogP contribution is 2.43. The van der Waals surface area contributed by atoms with E-state index in [1.807, 2.05) is 49.3 Å². The lowest BCUT2D eigenvalue weighted by Crippen LogP contribution is -2.45. The molecule has 0 radical (unpaired) electrons. The number of para-hydroxylation sites is 1. The molecule has 0 bridgehead atoms. The number of carbonyl (C=O) groups is 3. The molecule has 4 rings (SSSR count). The van der Waals surface area contributed by atoms with Crippen LogP contribution in [0.4, 0.5) is 0 Å². The van der Waals surface area contributed by atoms with E-state index >= 15 is 0 Å². The van der Waals surface area contributed by atoms with Gasteiger partial charge in [-0.3, -0.25) is 14.4 Å². The SMILES string of the molecule is CN(C)CC1CC2(CCN(C(=O)c3cn(-c4ccccc4)nn3)CC2)C(=O)O1.O=CO. The molecule has 1 N–H and O–H groups in total. The minimum absolute atomic E-state index is 0.0597. The van der Waals surface area contributed by atoms with E-state index in [-0.39, 0.29) is 24.5 Å². The second-order valence-electron chi connectivity index (χ2n) is 8.06. The van der Waals surface area contributed by atoms with Crippen molar-refractivity contribution in [2.24, 2.45) is 5.41 Å². The number of esters is 1. The Kier molecular flexibility index (Phi) is 7.01. The Morgan fingerprint density at radius 1 is 1.29 bits per heavy atom. The van der Waals surface area contributed by atoms with Crippen LogP contribution >= 0.6 is 0 Å². The number of ether oxygens (including phenoxy) is 1. The summed E-state index contributed by atoms with van der Waals surface area (Å²) in [6.07, 6.45) is 3.59. The lowest BCUT2D eigenvalue weighted by atomic mass is 9.76. The number of benzene rings is 1. The number of hydrogen-bond acceptors (Lipinski definition) is 7. The second kappa shape index (κ2) is 9.69. The number of cyclic esters (lactones) is 1. The summed E-state index contributed by atoms with van der Waals surface area (Å²) in [6, 6.07) is 9.56. The summed E-state index contributed by atoms with van der Waals surface area (Å²) in [6.45, 7) is 1.54. The molecule has 0 saturated carbocycles. The van der Waals surface area contributed by atoms with Crippen molar-refractivity contribution in [2.45, 2.75) is 25.4 Å². The molecule has 1 unspecified atom stereocenters. The van der Waals surface area contributed by atoms with E-state index in [2.05, 4.69) is 10.3 Å². The van der Waals surface area contributed by atoms with Crippen molar-refractivity contribution < 1.29 is 24.2 Å². The lowest BCUT2D eigenvalue weighted by Gasteiger charge is -2.36. The maximum atomic E-state index is 12.8. The topological polar surface area (TPSA) is 118 Å². The number of nitrogens with zero attached hydrogens (tertiary/aromatic N) is 5. The number of likely N-dealkylation sites (tertiary alicyclic amines) is 1. The fourth-order valence-electron chi connectivity index (χ4n) is 4.12. The van der Waals surface area contributed by atoms with E-state index in [1.165, 1.54) is 0 Å². The minimum atomic E-state index is -0.445. The van der Waals surface area contributed by atoms with Gasteiger partial charge in [-0.05, 0) is 39.1 Å². The fourth-order valence-corrected chi connectivity index (χ4v) is 4.12. The van der Waals surface area contributed by atoms with E-state index in [4.69, 9.17) is 14.6 Å². The van der Waals surface area contributed by atoms with Crippen LogP contribution in [-0.2, 0) is 14.3 Å². The van der Waals surface area contributed by atoms with Crippen LogP contribution in [0.3, 0.4) is 0 Å². The number of rotatable bonds is 4. The molecule has 166 valence electrons. The first kappa shape index (κ1) is 22.4. The molecule has 10 heteroatoms. The van der Waals surface area contributed by atoms with Crippen molar-refractivity contribution in [1.82, 2.24) is 24.8 Å². The Hall–Kier alpha value is -3.27. The fraction of sp³-hybridized carbons (Fsp3) is 0.476. The summed E-state index contributed by atoms with van der Waals surface area (Å²) in [5.41, 5.74) is 0.727. The van der Waals surface area contributed by atoms with Gasteiger partial charge in [0.15, 0.2) is 5.69 Å². The third-order valence-electron chi connectivity index (χ3n) is 5.63. The predicted octanol–water partition coefficient (Wildman–Crippen LogP) is 1.07. The molecule has 2 aromatic rings. The Balaban J connectivity index is 0.000000858. The van der Waals surface area contributed by atoms with Gasteiger partial charge in [0.1, 0.15) is 6.10 Å². The first-order valence-corrected chi connectivity index (χ1v) is 10.1. The number of hydrogen-bond donors (Lipinski definition) is 1. The lowest BCUT2D eigenvalue weighted by molar-refractivity contribution is -0.150. The zero-order valence-electron chi connectivity index (χ0n) is 17.7. The van der Waals surface area contributed by atoms with Crippen LogP contribution in [-0.4, -0.2) is 88.1 Å². The molecule has 1 amide bonds. The van der Waals surface area contributed by atoms with Crippen molar-refractivity contribution in [3.63, 3.8) is 0 Å². The van der Waals surface area contributed by atoms with Gasteiger partial charge in [-0.15, -0.1) is 5.10 Å². The van der Waals surface area contributed by atoms with Gasteiger partial charge in [-0.2, -0.15) is 0 Å². The zero-order valence-corrected chi connectivity index (χ0v) is 17.7. The molecule has 3 heterocycles. The molecule has 2 fully saturated rings. The molecule has 1 spiro atoms. The van der Waals surface area contributed by atoms with Crippen LogP contribution in [0.25, 0.3) is 5.69 Å². The van der Waals surface area contributed by atoms with Crippen LogP contribution < -0.4 is 0 Å². The largest absolute Gasteiger partial charge is 0.483 e. The van der Waals surface area contributed by atoms with Crippen molar-refractivity contribution >= 4 is 18.3 Å². The average Bonchev–Trinajstić information content (AvgIpc) is 3.35. The van der Waals surface area contributed by atoms with Crippen LogP contribution in [0.15, 0.2) is 36.5 Å². The van der Waals surface area contributed by atoms with E-state index in [1.54, 1.807) is 15.8 Å². The third kappa shape index (κ3) is 5.08. The molecule has 31 heavy (non-hydrogen) atoms. The Morgan fingerprint density at radius 2 is 1.94 bits per heavy atom. The van der Waals surface area contributed by atoms with Crippen LogP contribution in [0.2, 0.25) is 0 Å². The number of carbonyl (C=O) groups excluding carboxylic acids is 2. The summed E-state index contributed by atoms with van der Waals surface area (Å²) >= 11 is 0. The summed E-state index contributed by atoms with van der Waals surface area (Å²) in [5, 5.41) is 15.0. The zero-order chi connectivity index (χ0) is 22.4. The highest BCUT2D eigenvalue weighted by atomic mass is 16.6. The van der Waals surface area contributed by atoms with E-state index in [0.717, 1.165) is 18.7 Å². The average molecular weight is 429 g/mol. The number of aromatic nitrogens is 3. The van der Waals surface area contributed by atoms with Gasteiger partial charge < -0.3 is 19.6 Å². The van der Waals surface area contributed by atoms with Gasteiger partial charge in [0.05, 0.1) is 17.3 Å². The third-order valence-corrected chi connectivity index (χ3v) is 5.63. The maximum absolute atomic E-state index is 12.8. The molecular formula is C21H27N5O5. The summed E-state index contributed by atoms with van der Waals surface area (Å²) < 4.78 is 7.18. The molecule has 2 aliphatic heterocycles. The van der Waals surface area contributed by atoms with Crippen molar-refractivity contribution in [3.8, 4) is 5.69 Å². The molecule has 0 aliphatic carbocycles. The highest BCUT2D eigenvalue weighted by Gasteiger charge is 2.50. The number of amides is 1. The molecular weight excluding hydrogens is 402 g/mol. The molecule has 2 aliphatic rings. The Labute approximate surface area is 180 Å². The molecule has 1 atom stereocenters. The normalized spacial score (nSPS) is 19.6. The van der Waals surface area contributed by atoms with Crippen molar-refractivity contribution in [3.05, 3.63) is 42.2 Å². The predicted molar refractivity (Wildman–Crippen MR) is 111 cm³/mol. The highest BCUT2D eigenvalue weighted by molar-refractivity contribution is 5.92. The molecule has 1 aromatic carbocycles. The Bertz CT molecular complexity index is 906. The molecule has 1 aromatic heterocycles. The van der Waals surface area contributed by atoms with Gasteiger partial charge in [-0.1, -0.05) is 23.4 Å². The van der Waals surface area contributed by atoms with Crippen LogP contribution in [0.5, 0.6) is 0 Å². The first-order chi connectivity index (χ1) is 14.9. The second-order valence-corrected chi connectivity index (χ2v) is 8.06. The van der Waals surface area contributed by atoms with Crippen molar-refractivity contribution in [2.75, 3.05) is 33.7 Å². The van der Waals surface area contributed by atoms with Gasteiger partial charge in [-0.25, -0.2) is 4.68 Å². The van der Waals surface area contributed by atoms with Crippen LogP contribution in [0.1, 0.15) is 29.8 Å². The number of likely N-dealkylation sites (N-methyl/N-ethyl adjacent to an activating group) is 1. The first-order valence-electron chi connectivity index (χ1n) is 10.1. The quantitative estimate of drug-likeness (QED) is 0.566. The summed E-state index contributed by atoms with van der Waals surface area (Å²) in [4.78, 5) is 37.5. The summed E-state index contributed by atoms with van der Waals surface area (Å²) in [7, 11) is 3.95. The van der Waals surface area contributed by atoms with E-state index < -0.39 is 5.41 Å². The van der Waals surface area contributed by atoms with Gasteiger partial charge in [0, 0.05) is 26.1 Å². The van der Waals surface area contributed by atoms with Crippen LogP contribution in [0, 0.1) is 5.41 Å². The van der Waals surface area contributed by atoms with Gasteiger partial charge in [0.2, 0.25) is 0 Å². The monoisotopic (exact) mass is 429 g/mol. The van der Waals surface area contributed by atoms with Gasteiger partial charge in [0.25, 0.3) is 12.4 Å². The van der Waals surface area contributed by atoms with E-state index in [0.29, 0.717) is 31.6 Å². The minimum Gasteiger partial charge on any atom is -0.483 e. The van der Waals surface area contributed by atoms with E-state index in [9.17, 15) is 9.59 Å². The van der Waals surface area contributed by atoms with Gasteiger partial charge >= 0.3 is 5.97 Å².